The third-order valence-corrected chi connectivity index (χ3v) is 4.58. The number of fused-ring (bicyclic) bond motifs is 1. The van der Waals surface area contributed by atoms with E-state index in [-0.39, 0.29) is 17.5 Å². The number of ether oxygens (including phenoxy) is 1. The monoisotopic (exact) mass is 387 g/mol. The zero-order valence-electron chi connectivity index (χ0n) is 14.9. The molecule has 3 heterocycles. The number of hydrogen-bond acceptors (Lipinski definition) is 3. The van der Waals surface area contributed by atoms with Crippen LogP contribution in [0.4, 0.5) is 13.2 Å². The number of carbonyl (C=O) groups excluding carboxylic acids is 1. The van der Waals surface area contributed by atoms with Gasteiger partial charge in [-0.1, -0.05) is 18.2 Å². The lowest BCUT2D eigenvalue weighted by Crippen LogP contribution is -2.28. The van der Waals surface area contributed by atoms with Crippen LogP contribution in [0.25, 0.3) is 10.9 Å². The normalized spacial score (nSPS) is 14.1. The molecule has 0 atom stereocenters. The summed E-state index contributed by atoms with van der Waals surface area (Å²) in [6.07, 6.45) is 2.53. The number of hydrogen-bond donors (Lipinski definition) is 0. The van der Waals surface area contributed by atoms with Crippen molar-refractivity contribution < 1.29 is 22.7 Å². The highest BCUT2D eigenvalue weighted by Crippen LogP contribution is 2.35. The van der Waals surface area contributed by atoms with Gasteiger partial charge in [-0.3, -0.25) is 4.79 Å². The second-order valence-corrected chi connectivity index (χ2v) is 6.48. The molecule has 1 aliphatic heterocycles. The van der Waals surface area contributed by atoms with Crippen LogP contribution in [0.5, 0.6) is 11.6 Å². The highest BCUT2D eigenvalue weighted by molar-refractivity contribution is 6.07. The fourth-order valence-corrected chi connectivity index (χ4v) is 3.19. The molecular formula is C20H16F3N3O2. The molecule has 0 bridgehead atoms. The van der Waals surface area contributed by atoms with Gasteiger partial charge in [-0.25, -0.2) is 4.98 Å². The molecule has 3 aromatic rings. The maximum absolute atomic E-state index is 12.9. The maximum atomic E-state index is 12.9. The van der Waals surface area contributed by atoms with Crippen molar-refractivity contribution in [2.45, 2.75) is 6.18 Å². The van der Waals surface area contributed by atoms with Gasteiger partial charge in [0.25, 0.3) is 5.91 Å². The number of rotatable bonds is 3. The van der Waals surface area contributed by atoms with Crippen LogP contribution >= 0.6 is 0 Å². The number of aromatic nitrogens is 2. The molecule has 0 fully saturated rings. The third kappa shape index (κ3) is 3.21. The molecule has 1 amide bonds. The van der Waals surface area contributed by atoms with E-state index in [0.717, 1.165) is 12.1 Å². The Labute approximate surface area is 158 Å². The van der Waals surface area contributed by atoms with Crippen molar-refractivity contribution in [2.75, 3.05) is 13.1 Å². The Morgan fingerprint density at radius 3 is 2.64 bits per heavy atom. The Bertz CT molecular complexity index is 1080. The molecule has 4 rings (SSSR count). The molecule has 0 saturated heterocycles. The van der Waals surface area contributed by atoms with Crippen LogP contribution in [0.15, 0.2) is 54.9 Å². The summed E-state index contributed by atoms with van der Waals surface area (Å²) in [7, 11) is 1.79. The average Bonchev–Trinajstić information content (AvgIpc) is 3.32. The van der Waals surface area contributed by atoms with E-state index in [9.17, 15) is 18.0 Å². The number of halogens is 3. The second kappa shape index (κ2) is 6.70. The SMILES string of the molecule is Cn1ccc2c(Oc3cccc(C(F)(F)F)c3)ncc(C(=O)N3CC=CC3)c21. The molecule has 2 aromatic heterocycles. The quantitative estimate of drug-likeness (QED) is 0.626. The minimum absolute atomic E-state index is 0.0234. The van der Waals surface area contributed by atoms with Crippen molar-refractivity contribution in [3.8, 4) is 11.6 Å². The minimum Gasteiger partial charge on any atom is -0.438 e. The number of carbonyl (C=O) groups is 1. The first-order valence-electron chi connectivity index (χ1n) is 8.58. The number of alkyl halides is 3. The van der Waals surface area contributed by atoms with E-state index in [4.69, 9.17) is 4.74 Å². The Morgan fingerprint density at radius 1 is 1.18 bits per heavy atom. The van der Waals surface area contributed by atoms with Gasteiger partial charge in [0.15, 0.2) is 0 Å². The van der Waals surface area contributed by atoms with Crippen molar-refractivity contribution in [1.82, 2.24) is 14.5 Å². The molecule has 1 aromatic carbocycles. The van der Waals surface area contributed by atoms with Crippen LogP contribution in [-0.2, 0) is 13.2 Å². The van der Waals surface area contributed by atoms with E-state index in [1.54, 1.807) is 28.8 Å². The predicted molar refractivity (Wildman–Crippen MR) is 97.3 cm³/mol. The fraction of sp³-hybridized carbons (Fsp3) is 0.200. The molecule has 0 saturated carbocycles. The highest BCUT2D eigenvalue weighted by atomic mass is 19.4. The topological polar surface area (TPSA) is 47.4 Å². The van der Waals surface area contributed by atoms with Crippen molar-refractivity contribution in [1.29, 1.82) is 0 Å². The number of pyridine rings is 1. The van der Waals surface area contributed by atoms with Crippen LogP contribution in [-0.4, -0.2) is 33.4 Å². The van der Waals surface area contributed by atoms with Gasteiger partial charge in [-0.2, -0.15) is 13.2 Å². The van der Waals surface area contributed by atoms with E-state index in [0.29, 0.717) is 29.6 Å². The number of aryl methyl sites for hydroxylation is 1. The fourth-order valence-electron chi connectivity index (χ4n) is 3.19. The number of nitrogens with zero attached hydrogens (tertiary/aromatic N) is 3. The van der Waals surface area contributed by atoms with Crippen molar-refractivity contribution in [3.63, 3.8) is 0 Å². The lowest BCUT2D eigenvalue weighted by atomic mass is 10.2. The first-order valence-corrected chi connectivity index (χ1v) is 8.58. The van der Waals surface area contributed by atoms with Gasteiger partial charge in [-0.15, -0.1) is 0 Å². The molecule has 28 heavy (non-hydrogen) atoms. The molecule has 0 radical (unpaired) electrons. The van der Waals surface area contributed by atoms with E-state index >= 15 is 0 Å². The second-order valence-electron chi connectivity index (χ2n) is 6.48. The Morgan fingerprint density at radius 2 is 1.93 bits per heavy atom. The minimum atomic E-state index is -4.46. The Balaban J connectivity index is 1.72. The van der Waals surface area contributed by atoms with Crippen LogP contribution in [0.1, 0.15) is 15.9 Å². The number of benzene rings is 1. The molecule has 1 aliphatic rings. The molecule has 0 aliphatic carbocycles. The van der Waals surface area contributed by atoms with E-state index < -0.39 is 11.7 Å². The summed E-state index contributed by atoms with van der Waals surface area (Å²) in [5.41, 5.74) is 0.235. The van der Waals surface area contributed by atoms with Gasteiger partial charge >= 0.3 is 6.18 Å². The largest absolute Gasteiger partial charge is 0.438 e. The number of amides is 1. The first-order chi connectivity index (χ1) is 13.3. The van der Waals surface area contributed by atoms with Crippen LogP contribution < -0.4 is 4.74 Å². The molecule has 0 unspecified atom stereocenters. The summed E-state index contributed by atoms with van der Waals surface area (Å²) in [4.78, 5) is 18.7. The van der Waals surface area contributed by atoms with Crippen molar-refractivity contribution >= 4 is 16.8 Å². The Kier molecular flexibility index (Phi) is 4.33. The lowest BCUT2D eigenvalue weighted by molar-refractivity contribution is -0.137. The first kappa shape index (κ1) is 18.1. The maximum Gasteiger partial charge on any atom is 0.416 e. The molecule has 5 nitrogen and oxygen atoms in total. The molecule has 0 N–H and O–H groups in total. The van der Waals surface area contributed by atoms with Gasteiger partial charge in [0.05, 0.1) is 22.0 Å². The van der Waals surface area contributed by atoms with E-state index in [2.05, 4.69) is 4.98 Å². The average molecular weight is 387 g/mol. The predicted octanol–water partition coefficient (Wildman–Crippen LogP) is 4.40. The van der Waals surface area contributed by atoms with Crippen LogP contribution in [0.2, 0.25) is 0 Å². The molecular weight excluding hydrogens is 371 g/mol. The summed E-state index contributed by atoms with van der Waals surface area (Å²) in [5, 5.41) is 0.554. The third-order valence-electron chi connectivity index (χ3n) is 4.58. The summed E-state index contributed by atoms with van der Waals surface area (Å²) in [5.74, 6) is 0.0104. The van der Waals surface area contributed by atoms with E-state index in [1.165, 1.54) is 18.3 Å². The summed E-state index contributed by atoms with van der Waals surface area (Å²) in [6, 6.07) is 6.33. The van der Waals surface area contributed by atoms with E-state index in [1.807, 2.05) is 12.2 Å². The highest BCUT2D eigenvalue weighted by Gasteiger charge is 2.31. The van der Waals surface area contributed by atoms with Crippen molar-refractivity contribution in [2.24, 2.45) is 7.05 Å². The molecule has 8 heteroatoms. The van der Waals surface area contributed by atoms with Gasteiger partial charge in [-0.05, 0) is 24.3 Å². The van der Waals surface area contributed by atoms with Crippen LogP contribution in [0.3, 0.4) is 0 Å². The van der Waals surface area contributed by atoms with Gasteiger partial charge in [0.1, 0.15) is 5.75 Å². The smallest absolute Gasteiger partial charge is 0.416 e. The zero-order valence-corrected chi connectivity index (χ0v) is 14.9. The van der Waals surface area contributed by atoms with Crippen molar-refractivity contribution in [3.05, 3.63) is 66.0 Å². The summed E-state index contributed by atoms with van der Waals surface area (Å²) >= 11 is 0. The summed E-state index contributed by atoms with van der Waals surface area (Å²) < 4.78 is 46.2. The lowest BCUT2D eigenvalue weighted by Gasteiger charge is -2.17. The van der Waals surface area contributed by atoms with Crippen LogP contribution in [0, 0.1) is 0 Å². The van der Waals surface area contributed by atoms with Gasteiger partial charge in [0, 0.05) is 32.5 Å². The Hall–Kier alpha value is -3.29. The molecule has 0 spiro atoms. The standard InChI is InChI=1S/C20H16F3N3O2/c1-25-10-7-15-17(25)16(19(27)26-8-2-3-9-26)12-24-18(15)28-14-6-4-5-13(11-14)20(21,22)23/h2-7,10-12H,8-9H2,1H3. The van der Waals surface area contributed by atoms with Gasteiger partial charge in [0.2, 0.25) is 5.88 Å². The zero-order chi connectivity index (χ0) is 19.9. The molecule has 144 valence electrons. The summed E-state index contributed by atoms with van der Waals surface area (Å²) in [6.45, 7) is 1.07. The van der Waals surface area contributed by atoms with Gasteiger partial charge < -0.3 is 14.2 Å².